The average molecular weight is 421 g/mol. The van der Waals surface area contributed by atoms with Crippen molar-refractivity contribution >= 4 is 28.1 Å². The van der Waals surface area contributed by atoms with Crippen molar-refractivity contribution in [1.82, 2.24) is 4.98 Å². The van der Waals surface area contributed by atoms with Crippen LogP contribution < -0.4 is 14.8 Å². The number of hydrogen-bond donors (Lipinski definition) is 1. The first-order valence-electron chi connectivity index (χ1n) is 8.03. The van der Waals surface area contributed by atoms with E-state index < -0.39 is 29.1 Å². The molecule has 0 aliphatic heterocycles. The van der Waals surface area contributed by atoms with E-state index in [0.717, 1.165) is 23.5 Å². The Morgan fingerprint density at radius 2 is 2.00 bits per heavy atom. The molecule has 0 saturated carbocycles. The van der Waals surface area contributed by atoms with E-state index in [4.69, 9.17) is 9.47 Å². The van der Waals surface area contributed by atoms with Crippen molar-refractivity contribution in [3.8, 4) is 22.8 Å². The molecule has 1 N–H and O–H groups in total. The Morgan fingerprint density at radius 1 is 1.21 bits per heavy atom. The second-order valence-electron chi connectivity index (χ2n) is 5.60. The van der Waals surface area contributed by atoms with Gasteiger partial charge in [0.2, 0.25) is 0 Å². The summed E-state index contributed by atoms with van der Waals surface area (Å²) in [5.74, 6) is -2.21. The Hall–Kier alpha value is -3.60. The molecule has 0 radical (unpaired) electrons. The first-order valence-corrected chi connectivity index (χ1v) is 8.91. The van der Waals surface area contributed by atoms with Crippen LogP contribution in [0.2, 0.25) is 0 Å². The summed E-state index contributed by atoms with van der Waals surface area (Å²) < 4.78 is 36.7. The predicted octanol–water partition coefficient (Wildman–Crippen LogP) is 4.02. The number of rotatable bonds is 7. The van der Waals surface area contributed by atoms with Crippen LogP contribution in [0, 0.1) is 21.7 Å². The maximum Gasteiger partial charge on any atom is 0.273 e. The van der Waals surface area contributed by atoms with Gasteiger partial charge in [0.1, 0.15) is 0 Å². The highest BCUT2D eigenvalue weighted by atomic mass is 32.1. The number of nitrogens with zero attached hydrogens (tertiary/aromatic N) is 2. The average Bonchev–Trinajstić information content (AvgIpc) is 3.16. The highest BCUT2D eigenvalue weighted by Crippen LogP contribution is 2.31. The molecule has 0 atom stereocenters. The maximum absolute atomic E-state index is 13.3. The number of non-ortho nitro benzene ring substituents is 1. The van der Waals surface area contributed by atoms with E-state index in [2.05, 4.69) is 10.3 Å². The molecular formula is C18H13F2N3O5S. The molecule has 0 fully saturated rings. The Labute approximate surface area is 166 Å². The number of halogens is 2. The van der Waals surface area contributed by atoms with E-state index in [1.54, 1.807) is 5.38 Å². The highest BCUT2D eigenvalue weighted by Gasteiger charge is 2.15. The van der Waals surface area contributed by atoms with Gasteiger partial charge in [0.15, 0.2) is 34.9 Å². The van der Waals surface area contributed by atoms with Crippen LogP contribution in [0.4, 0.5) is 19.6 Å². The number of aromatic nitrogens is 1. The molecular weight excluding hydrogens is 408 g/mol. The molecule has 1 aromatic heterocycles. The number of nitro groups is 1. The number of thiazole rings is 1. The minimum atomic E-state index is -0.994. The van der Waals surface area contributed by atoms with E-state index in [-0.39, 0.29) is 22.3 Å². The van der Waals surface area contributed by atoms with Crippen molar-refractivity contribution in [2.75, 3.05) is 19.0 Å². The van der Waals surface area contributed by atoms with E-state index in [0.29, 0.717) is 11.3 Å². The first kappa shape index (κ1) is 20.1. The molecule has 1 amide bonds. The van der Waals surface area contributed by atoms with Gasteiger partial charge in [-0.1, -0.05) is 0 Å². The number of anilines is 1. The summed E-state index contributed by atoms with van der Waals surface area (Å²) in [7, 11) is 1.32. The lowest BCUT2D eigenvalue weighted by molar-refractivity contribution is -0.384. The van der Waals surface area contributed by atoms with Gasteiger partial charge in [-0.05, 0) is 24.3 Å². The second kappa shape index (κ2) is 8.61. The number of hydrogen-bond acceptors (Lipinski definition) is 7. The number of benzene rings is 2. The van der Waals surface area contributed by atoms with Crippen molar-refractivity contribution in [2.24, 2.45) is 0 Å². The smallest absolute Gasteiger partial charge is 0.273 e. The van der Waals surface area contributed by atoms with Crippen LogP contribution in [0.3, 0.4) is 0 Å². The zero-order chi connectivity index (χ0) is 21.0. The topological polar surface area (TPSA) is 104 Å². The maximum atomic E-state index is 13.3. The third-order valence-corrected chi connectivity index (χ3v) is 4.44. The number of methoxy groups -OCH3 is 1. The van der Waals surface area contributed by atoms with Crippen LogP contribution in [-0.2, 0) is 4.79 Å². The van der Waals surface area contributed by atoms with Crippen molar-refractivity contribution < 1.29 is 28.0 Å². The molecule has 3 rings (SSSR count). The summed E-state index contributed by atoms with van der Waals surface area (Å²) in [6.45, 7) is -0.395. The van der Waals surface area contributed by atoms with E-state index in [1.807, 2.05) is 0 Å². The van der Waals surface area contributed by atoms with Crippen molar-refractivity contribution in [3.05, 3.63) is 63.5 Å². The van der Waals surface area contributed by atoms with Crippen molar-refractivity contribution in [3.63, 3.8) is 0 Å². The van der Waals surface area contributed by atoms with Crippen molar-refractivity contribution in [2.45, 2.75) is 0 Å². The Bertz CT molecular complexity index is 1070. The van der Waals surface area contributed by atoms with Gasteiger partial charge in [-0.15, -0.1) is 11.3 Å². The molecule has 0 unspecified atom stereocenters. The Morgan fingerprint density at radius 3 is 2.69 bits per heavy atom. The normalized spacial score (nSPS) is 10.4. The fourth-order valence-corrected chi connectivity index (χ4v) is 3.04. The first-order chi connectivity index (χ1) is 13.9. The minimum Gasteiger partial charge on any atom is -0.493 e. The predicted molar refractivity (Wildman–Crippen MR) is 101 cm³/mol. The molecule has 1 heterocycles. The lowest BCUT2D eigenvalue weighted by Gasteiger charge is -2.09. The number of nitrogens with one attached hydrogen (secondary N) is 1. The molecule has 11 heteroatoms. The van der Waals surface area contributed by atoms with Crippen LogP contribution in [0.25, 0.3) is 11.3 Å². The molecule has 0 aliphatic rings. The number of nitro benzene ring substituents is 1. The van der Waals surface area contributed by atoms with Gasteiger partial charge in [-0.2, -0.15) is 0 Å². The molecule has 0 bridgehead atoms. The van der Waals surface area contributed by atoms with Gasteiger partial charge in [0.05, 0.1) is 23.8 Å². The van der Waals surface area contributed by atoms with Crippen molar-refractivity contribution in [1.29, 1.82) is 0 Å². The van der Waals surface area contributed by atoms with E-state index in [1.165, 1.54) is 31.4 Å². The summed E-state index contributed by atoms with van der Waals surface area (Å²) >= 11 is 1.10. The second-order valence-corrected chi connectivity index (χ2v) is 6.45. The Balaban J connectivity index is 1.62. The van der Waals surface area contributed by atoms with Crippen LogP contribution in [0.5, 0.6) is 11.5 Å². The molecule has 0 spiro atoms. The lowest BCUT2D eigenvalue weighted by Crippen LogP contribution is -2.20. The summed E-state index contributed by atoms with van der Waals surface area (Å²) in [5.41, 5.74) is 0.570. The van der Waals surface area contributed by atoms with E-state index >= 15 is 0 Å². The minimum absolute atomic E-state index is 0.113. The van der Waals surface area contributed by atoms with Crippen LogP contribution in [0.15, 0.2) is 41.8 Å². The van der Waals surface area contributed by atoms with Crippen LogP contribution in [-0.4, -0.2) is 29.5 Å². The van der Waals surface area contributed by atoms with Gasteiger partial charge >= 0.3 is 0 Å². The highest BCUT2D eigenvalue weighted by molar-refractivity contribution is 7.14. The van der Waals surface area contributed by atoms with Crippen LogP contribution >= 0.6 is 11.3 Å². The fraction of sp³-hybridized carbons (Fsp3) is 0.111. The molecule has 0 aliphatic carbocycles. The largest absolute Gasteiger partial charge is 0.493 e. The monoisotopic (exact) mass is 421 g/mol. The third kappa shape index (κ3) is 4.82. The fourth-order valence-electron chi connectivity index (χ4n) is 2.31. The molecule has 150 valence electrons. The van der Waals surface area contributed by atoms with Gasteiger partial charge < -0.3 is 9.47 Å². The molecule has 3 aromatic rings. The number of carbonyl (C=O) groups excluding carboxylic acids is 1. The van der Waals surface area contributed by atoms with Gasteiger partial charge in [0.25, 0.3) is 11.6 Å². The molecule has 2 aromatic carbocycles. The number of carbonyl (C=O) groups is 1. The lowest BCUT2D eigenvalue weighted by atomic mass is 10.2. The summed E-state index contributed by atoms with van der Waals surface area (Å²) in [6, 6.07) is 7.12. The molecule has 8 nitrogen and oxygen atoms in total. The zero-order valence-corrected chi connectivity index (χ0v) is 15.7. The molecule has 29 heavy (non-hydrogen) atoms. The van der Waals surface area contributed by atoms with Crippen LogP contribution in [0.1, 0.15) is 0 Å². The van der Waals surface area contributed by atoms with E-state index in [9.17, 15) is 23.7 Å². The van der Waals surface area contributed by atoms with Gasteiger partial charge in [0, 0.05) is 17.0 Å². The Kier molecular flexibility index (Phi) is 5.98. The standard InChI is InChI=1S/C18H13F2N3O5S/c1-27-16-7-11(23(25)26)3-5-15(16)28-8-17(24)22-18-21-14(9-29-18)10-2-4-12(19)13(20)6-10/h2-7,9H,8H2,1H3,(H,21,22,24). The summed E-state index contributed by atoms with van der Waals surface area (Å²) in [4.78, 5) is 26.4. The third-order valence-electron chi connectivity index (χ3n) is 3.68. The number of ether oxygens (including phenoxy) is 2. The van der Waals surface area contributed by atoms with Gasteiger partial charge in [-0.25, -0.2) is 13.8 Å². The zero-order valence-electron chi connectivity index (χ0n) is 14.8. The molecule has 0 saturated heterocycles. The summed E-state index contributed by atoms with van der Waals surface area (Å²) in [6.07, 6.45) is 0. The van der Waals surface area contributed by atoms with Gasteiger partial charge in [-0.3, -0.25) is 20.2 Å². The number of amides is 1. The quantitative estimate of drug-likeness (QED) is 0.456. The SMILES string of the molecule is COc1cc([N+](=O)[O-])ccc1OCC(=O)Nc1nc(-c2ccc(F)c(F)c2)cs1. The summed E-state index contributed by atoms with van der Waals surface area (Å²) in [5, 5.41) is 15.1.